The van der Waals surface area contributed by atoms with E-state index in [1.165, 1.54) is 44.9 Å². The zero-order chi connectivity index (χ0) is 13.3. The second-order valence-corrected chi connectivity index (χ2v) is 8.55. The molecule has 0 amide bonds. The molecule has 112 valence electrons. The predicted molar refractivity (Wildman–Crippen MR) is 77.2 cm³/mol. The van der Waals surface area contributed by atoms with Crippen molar-refractivity contribution in [3.8, 4) is 0 Å². The van der Waals surface area contributed by atoms with Gasteiger partial charge in [0.05, 0.1) is 11.7 Å². The molecule has 2 nitrogen and oxygen atoms in total. The fraction of sp³-hybridized carbons (Fsp3) is 1.00. The summed E-state index contributed by atoms with van der Waals surface area (Å²) < 4.78 is 6.14. The molecule has 1 aliphatic heterocycles. The molecule has 2 bridgehead atoms. The van der Waals surface area contributed by atoms with Gasteiger partial charge in [0.1, 0.15) is 0 Å². The lowest BCUT2D eigenvalue weighted by molar-refractivity contribution is -0.116. The third-order valence-electron chi connectivity index (χ3n) is 7.72. The molecule has 20 heavy (non-hydrogen) atoms. The lowest BCUT2D eigenvalue weighted by atomic mass is 9.79. The van der Waals surface area contributed by atoms with Crippen LogP contribution in [0.4, 0.5) is 0 Å². The Morgan fingerprint density at radius 2 is 1.70 bits per heavy atom. The maximum Gasteiger partial charge on any atom is 0.0686 e. The van der Waals surface area contributed by atoms with E-state index < -0.39 is 0 Å². The molecule has 1 N–H and O–H groups in total. The number of rotatable bonds is 2. The molecule has 0 radical (unpaired) electrons. The molecule has 4 saturated carbocycles. The largest absolute Gasteiger partial charge is 0.393 e. The fourth-order valence-electron chi connectivity index (χ4n) is 6.89. The topological polar surface area (TPSA) is 29.5 Å². The van der Waals surface area contributed by atoms with Gasteiger partial charge in [-0.15, -0.1) is 0 Å². The van der Waals surface area contributed by atoms with Crippen molar-refractivity contribution in [2.45, 2.75) is 69.5 Å². The van der Waals surface area contributed by atoms with Gasteiger partial charge in [-0.05, 0) is 80.5 Å². The van der Waals surface area contributed by atoms with Crippen LogP contribution in [0.2, 0.25) is 0 Å². The first-order valence-corrected chi connectivity index (χ1v) is 9.09. The van der Waals surface area contributed by atoms with E-state index >= 15 is 0 Å². The first kappa shape index (κ1) is 12.5. The van der Waals surface area contributed by atoms with Crippen molar-refractivity contribution < 1.29 is 9.84 Å². The van der Waals surface area contributed by atoms with Gasteiger partial charge in [0, 0.05) is 6.61 Å². The average Bonchev–Trinajstić information content (AvgIpc) is 2.83. The van der Waals surface area contributed by atoms with Gasteiger partial charge in [0.2, 0.25) is 0 Å². The minimum Gasteiger partial charge on any atom is -0.393 e. The normalized spacial score (nSPS) is 53.2. The van der Waals surface area contributed by atoms with Crippen LogP contribution in [-0.2, 0) is 4.74 Å². The lowest BCUT2D eigenvalue weighted by Gasteiger charge is -2.40. The van der Waals surface area contributed by atoms with Gasteiger partial charge in [-0.3, -0.25) is 0 Å². The summed E-state index contributed by atoms with van der Waals surface area (Å²) in [6.07, 6.45) is 11.8. The van der Waals surface area contributed by atoms with Gasteiger partial charge in [0.15, 0.2) is 0 Å². The molecule has 6 unspecified atom stereocenters. The van der Waals surface area contributed by atoms with Crippen LogP contribution in [0.15, 0.2) is 0 Å². The summed E-state index contributed by atoms with van der Waals surface area (Å²) in [5.41, 5.74) is 0.173. The predicted octanol–water partition coefficient (Wildman–Crippen LogP) is 3.38. The second kappa shape index (κ2) is 4.23. The van der Waals surface area contributed by atoms with Crippen molar-refractivity contribution in [3.63, 3.8) is 0 Å². The van der Waals surface area contributed by atoms with E-state index in [1.807, 2.05) is 0 Å². The third kappa shape index (κ3) is 1.64. The molecule has 0 aromatic rings. The Morgan fingerprint density at radius 3 is 2.40 bits per heavy atom. The Kier molecular flexibility index (Phi) is 2.63. The van der Waals surface area contributed by atoms with E-state index in [0.717, 1.165) is 43.1 Å². The average molecular weight is 276 g/mol. The number of hydrogen-bond donors (Lipinski definition) is 1. The Hall–Kier alpha value is -0.0800. The molecule has 0 aromatic carbocycles. The van der Waals surface area contributed by atoms with Gasteiger partial charge < -0.3 is 9.84 Å². The van der Waals surface area contributed by atoms with E-state index in [0.29, 0.717) is 11.8 Å². The zero-order valence-electron chi connectivity index (χ0n) is 12.5. The molecule has 2 heteroatoms. The van der Waals surface area contributed by atoms with E-state index in [1.54, 1.807) is 0 Å². The van der Waals surface area contributed by atoms with Crippen LogP contribution in [0.25, 0.3) is 0 Å². The van der Waals surface area contributed by atoms with Crippen LogP contribution in [-0.4, -0.2) is 23.4 Å². The lowest BCUT2D eigenvalue weighted by Crippen LogP contribution is -2.42. The van der Waals surface area contributed by atoms with Crippen molar-refractivity contribution in [3.05, 3.63) is 0 Å². The molecule has 5 aliphatic rings. The number of aliphatic hydroxyl groups is 1. The number of hydrogen-bond acceptors (Lipinski definition) is 2. The molecule has 1 saturated heterocycles. The maximum absolute atomic E-state index is 11.0. The zero-order valence-corrected chi connectivity index (χ0v) is 12.5. The monoisotopic (exact) mass is 276 g/mol. The summed E-state index contributed by atoms with van der Waals surface area (Å²) in [6.45, 7) is 0.899. The standard InChI is InChI=1S/C18H28O2/c19-17(16-14-11-3-4-12(9-11)15(14)16)13-5-8-20-18(10-13)6-1-2-7-18/h11-17,19H,1-10H2. The molecule has 4 aliphatic carbocycles. The van der Waals surface area contributed by atoms with Gasteiger partial charge >= 0.3 is 0 Å². The molecule has 1 spiro atoms. The molecule has 6 atom stereocenters. The van der Waals surface area contributed by atoms with Crippen LogP contribution in [0.5, 0.6) is 0 Å². The number of fused-ring (bicyclic) bond motifs is 5. The highest BCUT2D eigenvalue weighted by Gasteiger charge is 2.67. The first-order valence-electron chi connectivity index (χ1n) is 9.09. The summed E-state index contributed by atoms with van der Waals surface area (Å²) in [5.74, 6) is 5.05. The third-order valence-corrected chi connectivity index (χ3v) is 7.72. The summed E-state index contributed by atoms with van der Waals surface area (Å²) in [7, 11) is 0. The Balaban J connectivity index is 1.29. The van der Waals surface area contributed by atoms with Gasteiger partial charge in [-0.25, -0.2) is 0 Å². The highest BCUT2D eigenvalue weighted by molar-refractivity contribution is 5.15. The van der Waals surface area contributed by atoms with Gasteiger partial charge in [-0.1, -0.05) is 12.8 Å². The quantitative estimate of drug-likeness (QED) is 0.838. The van der Waals surface area contributed by atoms with Crippen LogP contribution in [0.3, 0.4) is 0 Å². The minimum atomic E-state index is -0.00484. The van der Waals surface area contributed by atoms with E-state index in [4.69, 9.17) is 4.74 Å². The van der Waals surface area contributed by atoms with Crippen molar-refractivity contribution in [2.75, 3.05) is 6.61 Å². The Bertz CT molecular complexity index is 384. The van der Waals surface area contributed by atoms with E-state index in [9.17, 15) is 5.11 Å². The summed E-state index contributed by atoms with van der Waals surface area (Å²) >= 11 is 0. The number of ether oxygens (including phenoxy) is 1. The molecular weight excluding hydrogens is 248 g/mol. The molecule has 1 heterocycles. The van der Waals surface area contributed by atoms with E-state index in [2.05, 4.69) is 0 Å². The number of aliphatic hydroxyl groups excluding tert-OH is 1. The van der Waals surface area contributed by atoms with Crippen LogP contribution in [0, 0.1) is 35.5 Å². The van der Waals surface area contributed by atoms with Gasteiger partial charge in [-0.2, -0.15) is 0 Å². The minimum absolute atomic E-state index is 0.00484. The highest BCUT2D eigenvalue weighted by Crippen LogP contribution is 2.71. The Labute approximate surface area is 122 Å². The second-order valence-electron chi connectivity index (χ2n) is 8.55. The van der Waals surface area contributed by atoms with E-state index in [-0.39, 0.29) is 11.7 Å². The fourth-order valence-corrected chi connectivity index (χ4v) is 6.89. The van der Waals surface area contributed by atoms with Crippen LogP contribution in [0.1, 0.15) is 57.8 Å². The maximum atomic E-state index is 11.0. The van der Waals surface area contributed by atoms with Crippen molar-refractivity contribution >= 4 is 0 Å². The summed E-state index contributed by atoms with van der Waals surface area (Å²) in [5, 5.41) is 11.0. The molecule has 5 rings (SSSR count). The highest BCUT2D eigenvalue weighted by atomic mass is 16.5. The smallest absolute Gasteiger partial charge is 0.0686 e. The van der Waals surface area contributed by atoms with Crippen molar-refractivity contribution in [2.24, 2.45) is 35.5 Å². The Morgan fingerprint density at radius 1 is 1.00 bits per heavy atom. The van der Waals surface area contributed by atoms with Gasteiger partial charge in [0.25, 0.3) is 0 Å². The van der Waals surface area contributed by atoms with Crippen LogP contribution >= 0.6 is 0 Å². The SMILES string of the molecule is OC(C1CCOC2(CCCC2)C1)C1C2C3CCC(C3)C21. The van der Waals surface area contributed by atoms with Crippen molar-refractivity contribution in [1.82, 2.24) is 0 Å². The first-order chi connectivity index (χ1) is 9.77. The summed E-state index contributed by atoms with van der Waals surface area (Å²) in [4.78, 5) is 0. The summed E-state index contributed by atoms with van der Waals surface area (Å²) in [6, 6.07) is 0. The molecule has 5 fully saturated rings. The van der Waals surface area contributed by atoms with Crippen LogP contribution < -0.4 is 0 Å². The molecule has 0 aromatic heterocycles. The molecular formula is C18H28O2. The van der Waals surface area contributed by atoms with Crippen molar-refractivity contribution in [1.29, 1.82) is 0 Å².